The lowest BCUT2D eigenvalue weighted by Crippen LogP contribution is -2.50. The van der Waals surface area contributed by atoms with Gasteiger partial charge in [0.1, 0.15) is 6.04 Å². The summed E-state index contributed by atoms with van der Waals surface area (Å²) in [5, 5.41) is 9.22. The lowest BCUT2D eigenvalue weighted by Gasteiger charge is -2.37. The molecule has 1 atom stereocenters. The number of aliphatic carboxylic acids is 1. The smallest absolute Gasteiger partial charge is 0.326 e. The zero-order valence-corrected chi connectivity index (χ0v) is 11.5. The quantitative estimate of drug-likeness (QED) is 0.846. The minimum Gasteiger partial charge on any atom is -0.480 e. The van der Waals surface area contributed by atoms with Gasteiger partial charge in [0.2, 0.25) is 5.91 Å². The number of hydrogen-bond donors (Lipinski definition) is 1. The van der Waals surface area contributed by atoms with Crippen LogP contribution < -0.4 is 0 Å². The molecule has 0 radical (unpaired) electrons. The Morgan fingerprint density at radius 2 is 1.79 bits per heavy atom. The summed E-state index contributed by atoms with van der Waals surface area (Å²) in [5.41, 5.74) is 0. The molecule has 0 aromatic heterocycles. The predicted octanol–water partition coefficient (Wildman–Crippen LogP) is 1.66. The van der Waals surface area contributed by atoms with Gasteiger partial charge in [-0.25, -0.2) is 4.79 Å². The topological polar surface area (TPSA) is 66.8 Å². The van der Waals surface area contributed by atoms with Gasteiger partial charge >= 0.3 is 5.97 Å². The normalized spacial score (nSPS) is 32.1. The van der Waals surface area contributed by atoms with Gasteiger partial charge in [0, 0.05) is 19.6 Å². The summed E-state index contributed by atoms with van der Waals surface area (Å²) in [4.78, 5) is 25.3. The van der Waals surface area contributed by atoms with Crippen LogP contribution in [0.1, 0.15) is 44.9 Å². The molecule has 2 aliphatic rings. The van der Waals surface area contributed by atoms with E-state index in [9.17, 15) is 14.7 Å². The van der Waals surface area contributed by atoms with E-state index in [0.717, 1.165) is 38.5 Å². The molecule has 2 fully saturated rings. The van der Waals surface area contributed by atoms with E-state index in [1.165, 1.54) is 0 Å². The van der Waals surface area contributed by atoms with Crippen molar-refractivity contribution in [3.63, 3.8) is 0 Å². The first kappa shape index (κ1) is 14.3. The molecular formula is C14H23NO4. The van der Waals surface area contributed by atoms with E-state index in [2.05, 4.69) is 0 Å². The van der Waals surface area contributed by atoms with Crippen LogP contribution in [0.4, 0.5) is 0 Å². The summed E-state index contributed by atoms with van der Waals surface area (Å²) in [6.07, 6.45) is 6.12. The van der Waals surface area contributed by atoms with Gasteiger partial charge in [-0.3, -0.25) is 4.79 Å². The number of ether oxygens (including phenoxy) is 1. The number of methoxy groups -OCH3 is 1. The maximum Gasteiger partial charge on any atom is 0.326 e. The second-order valence-electron chi connectivity index (χ2n) is 5.59. The Labute approximate surface area is 113 Å². The van der Waals surface area contributed by atoms with Gasteiger partial charge in [-0.1, -0.05) is 0 Å². The van der Waals surface area contributed by atoms with Crippen molar-refractivity contribution in [1.29, 1.82) is 0 Å². The van der Waals surface area contributed by atoms with E-state index >= 15 is 0 Å². The Kier molecular flexibility index (Phi) is 4.80. The van der Waals surface area contributed by atoms with Crippen LogP contribution in [0, 0.1) is 5.92 Å². The van der Waals surface area contributed by atoms with Crippen molar-refractivity contribution in [2.45, 2.75) is 57.1 Å². The Bertz CT molecular complexity index is 336. The molecule has 1 saturated carbocycles. The van der Waals surface area contributed by atoms with Crippen LogP contribution in [0.25, 0.3) is 0 Å². The molecule has 0 unspecified atom stereocenters. The second-order valence-corrected chi connectivity index (χ2v) is 5.59. The number of hydrogen-bond acceptors (Lipinski definition) is 3. The first-order chi connectivity index (χ1) is 9.13. The Balaban J connectivity index is 1.96. The van der Waals surface area contributed by atoms with Gasteiger partial charge in [-0.15, -0.1) is 0 Å². The molecule has 5 heteroatoms. The second kappa shape index (κ2) is 6.37. The van der Waals surface area contributed by atoms with Crippen molar-refractivity contribution in [3.8, 4) is 0 Å². The number of piperidine rings is 1. The van der Waals surface area contributed by atoms with E-state index < -0.39 is 12.0 Å². The molecule has 0 aromatic rings. The monoisotopic (exact) mass is 269 g/mol. The summed E-state index contributed by atoms with van der Waals surface area (Å²) in [5.74, 6) is -0.827. The highest BCUT2D eigenvalue weighted by Gasteiger charge is 2.36. The Morgan fingerprint density at radius 3 is 2.37 bits per heavy atom. The molecule has 1 N–H and O–H groups in total. The van der Waals surface area contributed by atoms with Crippen LogP contribution in [0.5, 0.6) is 0 Å². The van der Waals surface area contributed by atoms with E-state index in [0.29, 0.717) is 13.0 Å². The van der Waals surface area contributed by atoms with Crippen LogP contribution in [-0.2, 0) is 14.3 Å². The number of likely N-dealkylation sites (tertiary alicyclic amines) is 1. The zero-order valence-electron chi connectivity index (χ0n) is 11.5. The fraction of sp³-hybridized carbons (Fsp3) is 0.857. The first-order valence-electron chi connectivity index (χ1n) is 7.19. The number of carboxylic acid groups (broad SMARTS) is 1. The average Bonchev–Trinajstić information content (AvgIpc) is 2.46. The number of amides is 1. The van der Waals surface area contributed by atoms with Gasteiger partial charge < -0.3 is 14.7 Å². The van der Waals surface area contributed by atoms with E-state index in [1.807, 2.05) is 0 Å². The number of carboxylic acids is 1. The highest BCUT2D eigenvalue weighted by Crippen LogP contribution is 2.29. The summed E-state index contributed by atoms with van der Waals surface area (Å²) in [7, 11) is 1.71. The van der Waals surface area contributed by atoms with Gasteiger partial charge in [-0.05, 0) is 44.9 Å². The zero-order chi connectivity index (χ0) is 13.8. The number of nitrogens with zero attached hydrogens (tertiary/aromatic N) is 1. The summed E-state index contributed by atoms with van der Waals surface area (Å²) >= 11 is 0. The lowest BCUT2D eigenvalue weighted by atomic mass is 9.85. The molecule has 108 valence electrons. The van der Waals surface area contributed by atoms with Crippen LogP contribution in [-0.4, -0.2) is 47.7 Å². The molecule has 1 amide bonds. The maximum absolute atomic E-state index is 12.5. The van der Waals surface area contributed by atoms with Crippen molar-refractivity contribution >= 4 is 11.9 Å². The minimum absolute atomic E-state index is 0.00801. The maximum atomic E-state index is 12.5. The number of carbonyl (C=O) groups excluding carboxylic acids is 1. The van der Waals surface area contributed by atoms with Crippen LogP contribution in [0.3, 0.4) is 0 Å². The fourth-order valence-corrected chi connectivity index (χ4v) is 3.23. The third kappa shape index (κ3) is 3.26. The Hall–Kier alpha value is -1.10. The van der Waals surface area contributed by atoms with Gasteiger partial charge in [-0.2, -0.15) is 0 Å². The molecule has 0 spiro atoms. The standard InChI is InChI=1S/C14H23NO4/c1-19-11-7-5-10(6-8-11)13(16)15-9-3-2-4-12(15)14(17)18/h10-12H,2-9H2,1H3,(H,17,18)/t10-,11+,12-/m0/s1. The predicted molar refractivity (Wildman–Crippen MR) is 69.7 cm³/mol. The molecule has 2 rings (SSSR count). The van der Waals surface area contributed by atoms with Gasteiger partial charge in [0.15, 0.2) is 0 Å². The van der Waals surface area contributed by atoms with E-state index in [4.69, 9.17) is 4.74 Å². The number of rotatable bonds is 3. The molecule has 19 heavy (non-hydrogen) atoms. The molecule has 0 bridgehead atoms. The van der Waals surface area contributed by atoms with Crippen LogP contribution in [0.2, 0.25) is 0 Å². The van der Waals surface area contributed by atoms with E-state index in [-0.39, 0.29) is 17.9 Å². The van der Waals surface area contributed by atoms with Gasteiger partial charge in [0.05, 0.1) is 6.10 Å². The molecule has 1 saturated heterocycles. The van der Waals surface area contributed by atoms with Crippen molar-refractivity contribution in [3.05, 3.63) is 0 Å². The van der Waals surface area contributed by atoms with Gasteiger partial charge in [0.25, 0.3) is 0 Å². The summed E-state index contributed by atoms with van der Waals surface area (Å²) in [6, 6.07) is -0.610. The Morgan fingerprint density at radius 1 is 1.11 bits per heavy atom. The molecule has 1 aliphatic heterocycles. The molecule has 0 aromatic carbocycles. The first-order valence-corrected chi connectivity index (χ1v) is 7.19. The molecular weight excluding hydrogens is 246 g/mol. The SMILES string of the molecule is CO[C@H]1CC[C@@H](C(=O)N2CCCC[C@H]2C(=O)O)CC1. The number of carbonyl (C=O) groups is 2. The van der Waals surface area contributed by atoms with Crippen LogP contribution >= 0.6 is 0 Å². The molecule has 1 heterocycles. The van der Waals surface area contributed by atoms with Crippen LogP contribution in [0.15, 0.2) is 0 Å². The van der Waals surface area contributed by atoms with E-state index in [1.54, 1.807) is 12.0 Å². The highest BCUT2D eigenvalue weighted by molar-refractivity contribution is 5.85. The summed E-state index contributed by atoms with van der Waals surface area (Å²) < 4.78 is 5.31. The highest BCUT2D eigenvalue weighted by atomic mass is 16.5. The lowest BCUT2D eigenvalue weighted by molar-refractivity contribution is -0.154. The third-order valence-corrected chi connectivity index (χ3v) is 4.43. The van der Waals surface area contributed by atoms with Crippen molar-refractivity contribution in [2.75, 3.05) is 13.7 Å². The fourth-order valence-electron chi connectivity index (χ4n) is 3.23. The molecule has 5 nitrogen and oxygen atoms in total. The largest absolute Gasteiger partial charge is 0.480 e. The van der Waals surface area contributed by atoms with Crippen molar-refractivity contribution in [1.82, 2.24) is 4.90 Å². The third-order valence-electron chi connectivity index (χ3n) is 4.43. The van der Waals surface area contributed by atoms with Crippen molar-refractivity contribution in [2.24, 2.45) is 5.92 Å². The van der Waals surface area contributed by atoms with Crippen molar-refractivity contribution < 1.29 is 19.4 Å². The molecule has 1 aliphatic carbocycles. The summed E-state index contributed by atoms with van der Waals surface area (Å²) in [6.45, 7) is 0.597. The minimum atomic E-state index is -0.862. The average molecular weight is 269 g/mol.